The highest BCUT2D eigenvalue weighted by atomic mass is 35.5. The molecule has 1 aromatic rings. The van der Waals surface area contributed by atoms with Crippen LogP contribution in [0.4, 0.5) is 5.82 Å². The van der Waals surface area contributed by atoms with Gasteiger partial charge in [0.05, 0.1) is 24.6 Å². The van der Waals surface area contributed by atoms with Crippen LogP contribution in [0.2, 0.25) is 5.15 Å². The van der Waals surface area contributed by atoms with E-state index in [1.807, 2.05) is 25.7 Å². The maximum Gasteiger partial charge on any atom is 0.245 e. The van der Waals surface area contributed by atoms with E-state index in [9.17, 15) is 4.79 Å². The monoisotopic (exact) mass is 312 g/mol. The molecular formula is C14H21ClN4O2. The van der Waals surface area contributed by atoms with Gasteiger partial charge in [-0.1, -0.05) is 18.5 Å². The van der Waals surface area contributed by atoms with Gasteiger partial charge in [-0.15, -0.1) is 0 Å². The first kappa shape index (κ1) is 16.0. The molecule has 1 fully saturated rings. The largest absolute Gasteiger partial charge is 0.377 e. The summed E-state index contributed by atoms with van der Waals surface area (Å²) in [4.78, 5) is 23.0. The molecule has 21 heavy (non-hydrogen) atoms. The van der Waals surface area contributed by atoms with Gasteiger partial charge in [0.25, 0.3) is 0 Å². The number of halogens is 1. The molecule has 0 aromatic carbocycles. The lowest BCUT2D eigenvalue weighted by molar-refractivity contribution is -0.124. The van der Waals surface area contributed by atoms with E-state index in [1.165, 1.54) is 0 Å². The normalized spacial score (nSPS) is 18.7. The Hall–Kier alpha value is -1.40. The van der Waals surface area contributed by atoms with Crippen LogP contribution in [-0.4, -0.2) is 48.2 Å². The Bertz CT molecular complexity index is 524. The summed E-state index contributed by atoms with van der Waals surface area (Å²) in [7, 11) is 0. The van der Waals surface area contributed by atoms with Crippen LogP contribution in [0.3, 0.4) is 0 Å². The van der Waals surface area contributed by atoms with Crippen molar-refractivity contribution in [2.45, 2.75) is 33.2 Å². The number of aromatic nitrogens is 2. The summed E-state index contributed by atoms with van der Waals surface area (Å²) >= 11 is 6.22. The number of hydrogen-bond acceptors (Lipinski definition) is 5. The van der Waals surface area contributed by atoms with Crippen LogP contribution < -0.4 is 10.2 Å². The van der Waals surface area contributed by atoms with Crippen LogP contribution in [0.5, 0.6) is 0 Å². The number of carbonyl (C=O) groups is 1. The van der Waals surface area contributed by atoms with Crippen molar-refractivity contribution in [3.63, 3.8) is 0 Å². The van der Waals surface area contributed by atoms with E-state index in [4.69, 9.17) is 16.3 Å². The fraction of sp³-hybridized carbons (Fsp3) is 0.643. The minimum atomic E-state index is -0.417. The minimum absolute atomic E-state index is 0.0624. The van der Waals surface area contributed by atoms with Crippen LogP contribution in [0.25, 0.3) is 0 Å². The summed E-state index contributed by atoms with van der Waals surface area (Å²) in [6.07, 6.45) is 0.892. The third-order valence-corrected chi connectivity index (χ3v) is 3.75. The molecule has 116 valence electrons. The standard InChI is InChI=1S/C14H21ClN4O2/c1-4-5-16-14(20)11-8-21-7-6-19(11)13-12(15)17-9(2)10(3)18-13/h11H,4-8H2,1-3H3,(H,16,20). The number of morpholine rings is 1. The third kappa shape index (κ3) is 3.63. The second-order valence-electron chi connectivity index (χ2n) is 5.08. The predicted molar refractivity (Wildman–Crippen MR) is 81.8 cm³/mol. The summed E-state index contributed by atoms with van der Waals surface area (Å²) in [5, 5.41) is 3.22. The lowest BCUT2D eigenvalue weighted by atomic mass is 10.2. The quantitative estimate of drug-likeness (QED) is 0.912. The van der Waals surface area contributed by atoms with Gasteiger partial charge in [0, 0.05) is 13.1 Å². The molecule has 0 aliphatic carbocycles. The Kier molecular flexibility index (Phi) is 5.36. The van der Waals surface area contributed by atoms with Crippen molar-refractivity contribution in [1.82, 2.24) is 15.3 Å². The van der Waals surface area contributed by atoms with Gasteiger partial charge in [-0.25, -0.2) is 9.97 Å². The van der Waals surface area contributed by atoms with Crippen molar-refractivity contribution in [2.75, 3.05) is 31.2 Å². The van der Waals surface area contributed by atoms with Crippen molar-refractivity contribution in [3.05, 3.63) is 16.5 Å². The van der Waals surface area contributed by atoms with Crippen molar-refractivity contribution in [1.29, 1.82) is 0 Å². The number of rotatable bonds is 4. The number of carbonyl (C=O) groups excluding carboxylic acids is 1. The van der Waals surface area contributed by atoms with Gasteiger partial charge in [0.2, 0.25) is 5.91 Å². The summed E-state index contributed by atoms with van der Waals surface area (Å²) in [5.74, 6) is 0.493. The molecule has 1 saturated heterocycles. The molecule has 1 N–H and O–H groups in total. The van der Waals surface area contributed by atoms with E-state index in [2.05, 4.69) is 15.3 Å². The van der Waals surface area contributed by atoms with Crippen molar-refractivity contribution in [3.8, 4) is 0 Å². The van der Waals surface area contributed by atoms with Gasteiger partial charge in [-0.2, -0.15) is 0 Å². The molecule has 6 nitrogen and oxygen atoms in total. The molecule has 1 aliphatic rings. The average molecular weight is 313 g/mol. The number of ether oxygens (including phenoxy) is 1. The first-order chi connectivity index (χ1) is 10.0. The van der Waals surface area contributed by atoms with Gasteiger partial charge < -0.3 is 15.0 Å². The van der Waals surface area contributed by atoms with Gasteiger partial charge in [-0.3, -0.25) is 4.79 Å². The number of nitrogens with zero attached hydrogens (tertiary/aromatic N) is 3. The van der Waals surface area contributed by atoms with Crippen LogP contribution in [0, 0.1) is 13.8 Å². The summed E-state index contributed by atoms with van der Waals surface area (Å²) in [6, 6.07) is -0.417. The molecule has 1 atom stereocenters. The van der Waals surface area contributed by atoms with Crippen LogP contribution in [-0.2, 0) is 9.53 Å². The van der Waals surface area contributed by atoms with Crippen molar-refractivity contribution < 1.29 is 9.53 Å². The topological polar surface area (TPSA) is 67.3 Å². The molecule has 1 aromatic heterocycles. The molecule has 0 bridgehead atoms. The summed E-state index contributed by atoms with van der Waals surface area (Å²) in [6.45, 7) is 7.86. The van der Waals surface area contributed by atoms with E-state index in [0.717, 1.165) is 17.8 Å². The molecule has 0 saturated carbocycles. The van der Waals surface area contributed by atoms with Gasteiger partial charge in [0.1, 0.15) is 6.04 Å². The third-order valence-electron chi connectivity index (χ3n) is 3.50. The molecule has 7 heteroatoms. The predicted octanol–water partition coefficient (Wildman–Crippen LogP) is 1.48. The molecule has 2 rings (SSSR count). The number of hydrogen-bond donors (Lipinski definition) is 1. The van der Waals surface area contributed by atoms with Gasteiger partial charge in [-0.05, 0) is 20.3 Å². The van der Waals surface area contributed by atoms with Gasteiger partial charge >= 0.3 is 0 Å². The molecule has 1 amide bonds. The van der Waals surface area contributed by atoms with Crippen LogP contribution in [0.1, 0.15) is 24.7 Å². The minimum Gasteiger partial charge on any atom is -0.377 e. The van der Waals surface area contributed by atoms with Crippen molar-refractivity contribution in [2.24, 2.45) is 0 Å². The molecule has 0 spiro atoms. The number of aryl methyl sites for hydroxylation is 2. The fourth-order valence-corrected chi connectivity index (χ4v) is 2.46. The number of amides is 1. The fourth-order valence-electron chi connectivity index (χ4n) is 2.19. The Labute approximate surface area is 129 Å². The van der Waals surface area contributed by atoms with E-state index in [0.29, 0.717) is 37.3 Å². The molecular weight excluding hydrogens is 292 g/mol. The van der Waals surface area contributed by atoms with E-state index >= 15 is 0 Å². The summed E-state index contributed by atoms with van der Waals surface area (Å²) < 4.78 is 5.44. The number of anilines is 1. The number of nitrogens with one attached hydrogen (secondary N) is 1. The molecule has 2 heterocycles. The Morgan fingerprint density at radius 2 is 2.14 bits per heavy atom. The van der Waals surface area contributed by atoms with Crippen LogP contribution >= 0.6 is 11.6 Å². The zero-order valence-electron chi connectivity index (χ0n) is 12.6. The molecule has 1 aliphatic heterocycles. The second-order valence-corrected chi connectivity index (χ2v) is 5.44. The van der Waals surface area contributed by atoms with Crippen molar-refractivity contribution >= 4 is 23.3 Å². The summed E-state index contributed by atoms with van der Waals surface area (Å²) in [5.41, 5.74) is 1.61. The SMILES string of the molecule is CCCNC(=O)C1COCCN1c1nc(C)c(C)nc1Cl. The molecule has 1 unspecified atom stereocenters. The van der Waals surface area contributed by atoms with E-state index in [1.54, 1.807) is 0 Å². The maximum absolute atomic E-state index is 12.3. The highest BCUT2D eigenvalue weighted by molar-refractivity contribution is 6.31. The maximum atomic E-state index is 12.3. The first-order valence-corrected chi connectivity index (χ1v) is 7.55. The Morgan fingerprint density at radius 1 is 1.43 bits per heavy atom. The van der Waals surface area contributed by atoms with E-state index in [-0.39, 0.29) is 5.91 Å². The zero-order chi connectivity index (χ0) is 15.4. The average Bonchev–Trinajstić information content (AvgIpc) is 2.48. The second kappa shape index (κ2) is 7.04. The smallest absolute Gasteiger partial charge is 0.245 e. The van der Waals surface area contributed by atoms with E-state index < -0.39 is 6.04 Å². The Morgan fingerprint density at radius 3 is 2.86 bits per heavy atom. The lowest BCUT2D eigenvalue weighted by Crippen LogP contribution is -2.54. The highest BCUT2D eigenvalue weighted by Crippen LogP contribution is 2.26. The lowest BCUT2D eigenvalue weighted by Gasteiger charge is -2.35. The zero-order valence-corrected chi connectivity index (χ0v) is 13.4. The molecule has 0 radical (unpaired) electrons. The van der Waals surface area contributed by atoms with Gasteiger partial charge in [0.15, 0.2) is 11.0 Å². The highest BCUT2D eigenvalue weighted by Gasteiger charge is 2.32. The first-order valence-electron chi connectivity index (χ1n) is 7.17. The van der Waals surface area contributed by atoms with Crippen LogP contribution in [0.15, 0.2) is 0 Å². The Balaban J connectivity index is 2.26.